The van der Waals surface area contributed by atoms with Crippen LogP contribution in [-0.2, 0) is 22.5 Å². The highest BCUT2D eigenvalue weighted by molar-refractivity contribution is 6.30. The van der Waals surface area contributed by atoms with E-state index < -0.39 is 0 Å². The summed E-state index contributed by atoms with van der Waals surface area (Å²) in [6.45, 7) is 7.16. The Kier molecular flexibility index (Phi) is 4.70. The van der Waals surface area contributed by atoms with Crippen molar-refractivity contribution < 1.29 is 14.3 Å². The van der Waals surface area contributed by atoms with Crippen LogP contribution in [-0.4, -0.2) is 66.7 Å². The van der Waals surface area contributed by atoms with Gasteiger partial charge in [-0.2, -0.15) is 4.99 Å². The standard InChI is InChI=1S/C20H23N3O3/c1-2-23-13-16(21-20(23)25)11-17-18(24)10-14-4-3-5-15(19(14)17)12-22-6-8-26-9-7-22/h3-5,11H,2,6-10,12-13H2,1H3/b17-11+. The summed E-state index contributed by atoms with van der Waals surface area (Å²) in [5.41, 5.74) is 4.65. The fourth-order valence-electron chi connectivity index (χ4n) is 3.82. The van der Waals surface area contributed by atoms with E-state index in [9.17, 15) is 9.59 Å². The summed E-state index contributed by atoms with van der Waals surface area (Å²) in [6.07, 6.45) is 2.25. The van der Waals surface area contributed by atoms with E-state index in [0.717, 1.165) is 44.0 Å². The van der Waals surface area contributed by atoms with E-state index >= 15 is 0 Å². The third-order valence-corrected chi connectivity index (χ3v) is 5.21. The van der Waals surface area contributed by atoms with Crippen LogP contribution in [0.5, 0.6) is 0 Å². The number of nitrogens with zero attached hydrogens (tertiary/aromatic N) is 3. The molecule has 0 spiro atoms. The highest BCUT2D eigenvalue weighted by atomic mass is 16.5. The number of hydrogen-bond donors (Lipinski definition) is 0. The maximum Gasteiger partial charge on any atom is 0.344 e. The number of carbonyl (C=O) groups is 2. The SMILES string of the molecule is CCN1CC(/C=C2\C(=O)Cc3cccc(CN4CCOCC4)c32)=NC1=O. The minimum Gasteiger partial charge on any atom is -0.379 e. The summed E-state index contributed by atoms with van der Waals surface area (Å²) >= 11 is 0. The van der Waals surface area contributed by atoms with Crippen LogP contribution in [0.1, 0.15) is 23.6 Å². The van der Waals surface area contributed by atoms with Gasteiger partial charge in [-0.1, -0.05) is 18.2 Å². The number of fused-ring (bicyclic) bond motifs is 1. The molecule has 1 fully saturated rings. The second kappa shape index (κ2) is 7.13. The van der Waals surface area contributed by atoms with Crippen LogP contribution in [0.15, 0.2) is 29.3 Å². The van der Waals surface area contributed by atoms with Crippen molar-refractivity contribution in [3.63, 3.8) is 0 Å². The van der Waals surface area contributed by atoms with Gasteiger partial charge < -0.3 is 9.64 Å². The summed E-state index contributed by atoms with van der Waals surface area (Å²) in [5.74, 6) is 0.111. The Hall–Kier alpha value is -2.31. The Bertz CT molecular complexity index is 807. The third kappa shape index (κ3) is 3.22. The number of ether oxygens (including phenoxy) is 1. The second-order valence-corrected chi connectivity index (χ2v) is 6.90. The van der Waals surface area contributed by atoms with Gasteiger partial charge in [-0.25, -0.2) is 4.79 Å². The monoisotopic (exact) mass is 353 g/mol. The molecule has 0 unspecified atom stereocenters. The van der Waals surface area contributed by atoms with E-state index in [1.165, 1.54) is 5.56 Å². The van der Waals surface area contributed by atoms with E-state index in [1.54, 1.807) is 4.90 Å². The molecule has 0 bridgehead atoms. The zero-order chi connectivity index (χ0) is 18.1. The second-order valence-electron chi connectivity index (χ2n) is 6.90. The molecule has 1 aromatic rings. The number of carbonyl (C=O) groups excluding carboxylic acids is 2. The average Bonchev–Trinajstić information content (AvgIpc) is 3.16. The molecular formula is C20H23N3O3. The zero-order valence-electron chi connectivity index (χ0n) is 15.0. The minimum atomic E-state index is -0.216. The summed E-state index contributed by atoms with van der Waals surface area (Å²) in [5, 5.41) is 0. The van der Waals surface area contributed by atoms with Gasteiger partial charge in [0.25, 0.3) is 0 Å². The molecule has 0 aromatic heterocycles. The lowest BCUT2D eigenvalue weighted by Crippen LogP contribution is -2.35. The number of amides is 2. The number of rotatable bonds is 4. The minimum absolute atomic E-state index is 0.111. The van der Waals surface area contributed by atoms with E-state index in [4.69, 9.17) is 4.74 Å². The topological polar surface area (TPSA) is 62.2 Å². The number of morpholine rings is 1. The predicted octanol–water partition coefficient (Wildman–Crippen LogP) is 1.92. The van der Waals surface area contributed by atoms with Crippen molar-refractivity contribution in [2.45, 2.75) is 19.9 Å². The molecule has 6 nitrogen and oxygen atoms in total. The van der Waals surface area contributed by atoms with Crippen LogP contribution in [0.4, 0.5) is 4.79 Å². The maximum absolute atomic E-state index is 12.6. The number of aliphatic imine (C=N–C) groups is 1. The summed E-state index contributed by atoms with van der Waals surface area (Å²) in [6, 6.07) is 5.93. The summed E-state index contributed by atoms with van der Waals surface area (Å²) in [4.78, 5) is 32.6. The first-order chi connectivity index (χ1) is 12.7. The Morgan fingerprint density at radius 1 is 1.23 bits per heavy atom. The fourth-order valence-corrected chi connectivity index (χ4v) is 3.82. The van der Waals surface area contributed by atoms with Gasteiger partial charge in [0, 0.05) is 38.2 Å². The van der Waals surface area contributed by atoms with Crippen LogP contribution < -0.4 is 0 Å². The summed E-state index contributed by atoms with van der Waals surface area (Å²) in [7, 11) is 0. The Labute approximate surface area is 153 Å². The number of urea groups is 1. The van der Waals surface area contributed by atoms with E-state index in [2.05, 4.69) is 16.0 Å². The van der Waals surface area contributed by atoms with Crippen molar-refractivity contribution in [1.29, 1.82) is 0 Å². The molecule has 3 aliphatic rings. The van der Waals surface area contributed by atoms with Gasteiger partial charge in [0.15, 0.2) is 5.78 Å². The molecule has 26 heavy (non-hydrogen) atoms. The first-order valence-electron chi connectivity index (χ1n) is 9.18. The molecule has 1 saturated heterocycles. The molecule has 2 amide bonds. The van der Waals surface area contributed by atoms with E-state index in [-0.39, 0.29) is 11.8 Å². The largest absolute Gasteiger partial charge is 0.379 e. The Morgan fingerprint density at radius 2 is 2.04 bits per heavy atom. The average molecular weight is 353 g/mol. The van der Waals surface area contributed by atoms with Crippen LogP contribution in [0.25, 0.3) is 5.57 Å². The van der Waals surface area contributed by atoms with Gasteiger partial charge in [-0.15, -0.1) is 0 Å². The first-order valence-corrected chi connectivity index (χ1v) is 9.18. The van der Waals surface area contributed by atoms with Gasteiger partial charge >= 0.3 is 6.03 Å². The Morgan fingerprint density at radius 3 is 2.77 bits per heavy atom. The molecule has 1 aliphatic carbocycles. The van der Waals surface area contributed by atoms with Gasteiger partial charge in [0.2, 0.25) is 0 Å². The lowest BCUT2D eigenvalue weighted by molar-refractivity contribution is -0.112. The number of Topliss-reactive ketones (excluding diaryl/α,β-unsaturated/α-hetero) is 1. The maximum atomic E-state index is 12.6. The van der Waals surface area contributed by atoms with Crippen molar-refractivity contribution in [3.8, 4) is 0 Å². The highest BCUT2D eigenvalue weighted by Gasteiger charge is 2.29. The van der Waals surface area contributed by atoms with Crippen LogP contribution >= 0.6 is 0 Å². The van der Waals surface area contributed by atoms with Gasteiger partial charge in [-0.05, 0) is 29.7 Å². The molecule has 0 N–H and O–H groups in total. The van der Waals surface area contributed by atoms with Crippen molar-refractivity contribution in [2.24, 2.45) is 4.99 Å². The lowest BCUT2D eigenvalue weighted by Gasteiger charge is -2.27. The number of hydrogen-bond acceptors (Lipinski definition) is 4. The van der Waals surface area contributed by atoms with Crippen molar-refractivity contribution in [2.75, 3.05) is 39.4 Å². The molecule has 2 heterocycles. The number of allylic oxidation sites excluding steroid dienone is 1. The van der Waals surface area contributed by atoms with Crippen LogP contribution in [0.3, 0.4) is 0 Å². The predicted molar refractivity (Wildman–Crippen MR) is 99.3 cm³/mol. The highest BCUT2D eigenvalue weighted by Crippen LogP contribution is 2.33. The van der Waals surface area contributed by atoms with Crippen molar-refractivity contribution >= 4 is 23.1 Å². The van der Waals surface area contributed by atoms with E-state index in [0.29, 0.717) is 30.8 Å². The fraction of sp³-hybridized carbons (Fsp3) is 0.450. The number of benzene rings is 1. The molecule has 1 aromatic carbocycles. The van der Waals surface area contributed by atoms with Crippen LogP contribution in [0.2, 0.25) is 0 Å². The number of ketones is 1. The molecule has 2 aliphatic heterocycles. The first kappa shape index (κ1) is 17.1. The zero-order valence-corrected chi connectivity index (χ0v) is 15.0. The van der Waals surface area contributed by atoms with Gasteiger partial charge in [0.05, 0.1) is 25.5 Å². The quantitative estimate of drug-likeness (QED) is 0.776. The van der Waals surface area contributed by atoms with E-state index in [1.807, 2.05) is 25.1 Å². The van der Waals surface area contributed by atoms with Crippen molar-refractivity contribution in [1.82, 2.24) is 9.80 Å². The van der Waals surface area contributed by atoms with Gasteiger partial charge in [-0.3, -0.25) is 9.69 Å². The Balaban J connectivity index is 1.65. The molecule has 136 valence electrons. The molecule has 0 atom stereocenters. The molecular weight excluding hydrogens is 330 g/mol. The van der Waals surface area contributed by atoms with Gasteiger partial charge in [0.1, 0.15) is 0 Å². The molecule has 0 radical (unpaired) electrons. The lowest BCUT2D eigenvalue weighted by atomic mass is 9.98. The third-order valence-electron chi connectivity index (χ3n) is 5.21. The normalized spacial score (nSPS) is 22.3. The summed E-state index contributed by atoms with van der Waals surface area (Å²) < 4.78 is 5.43. The van der Waals surface area contributed by atoms with Crippen LogP contribution in [0, 0.1) is 0 Å². The molecule has 4 rings (SSSR count). The van der Waals surface area contributed by atoms with Crippen molar-refractivity contribution in [3.05, 3.63) is 41.0 Å². The molecule has 6 heteroatoms. The molecule has 0 saturated carbocycles. The smallest absolute Gasteiger partial charge is 0.344 e.